The lowest BCUT2D eigenvalue weighted by Gasteiger charge is -2.34. The Bertz CT molecular complexity index is 785. The molecular weight excluding hydrogens is 410 g/mol. The topological polar surface area (TPSA) is 62.7 Å². The monoisotopic (exact) mass is 431 g/mol. The van der Waals surface area contributed by atoms with Crippen molar-refractivity contribution in [1.82, 2.24) is 14.8 Å². The fourth-order valence-corrected chi connectivity index (χ4v) is 3.29. The van der Waals surface area contributed by atoms with E-state index in [0.717, 1.165) is 16.5 Å². The van der Waals surface area contributed by atoms with Crippen LogP contribution in [0, 0.1) is 0 Å². The van der Waals surface area contributed by atoms with Crippen LogP contribution >= 0.6 is 15.9 Å². The Hall–Kier alpha value is -2.41. The number of piperazine rings is 1. The summed E-state index contributed by atoms with van der Waals surface area (Å²) in [6.45, 7) is 2.20. The number of methoxy groups -OCH3 is 1. The minimum Gasteiger partial charge on any atom is -0.481 e. The predicted molar refractivity (Wildman–Crippen MR) is 106 cm³/mol. The van der Waals surface area contributed by atoms with Gasteiger partial charge in [0, 0.05) is 49.3 Å². The summed E-state index contributed by atoms with van der Waals surface area (Å²) in [5, 5.41) is 0. The zero-order chi connectivity index (χ0) is 19.2. The molecule has 1 aliphatic heterocycles. The highest BCUT2D eigenvalue weighted by Crippen LogP contribution is 2.14. The molecule has 1 saturated heterocycles. The number of nitrogens with zero attached hydrogens (tertiary/aromatic N) is 3. The molecule has 2 amide bonds. The van der Waals surface area contributed by atoms with Gasteiger partial charge < -0.3 is 14.5 Å². The number of carbonyl (C=O) groups excluding carboxylic acids is 2. The summed E-state index contributed by atoms with van der Waals surface area (Å²) in [6.07, 6.45) is 2.73. The number of hydrogen-bond donors (Lipinski definition) is 0. The SMILES string of the molecule is COc1ccc(C(=O)N2CCN(C(=O)CCc3ccc(Br)cc3)CC2)cn1. The van der Waals surface area contributed by atoms with Crippen LogP contribution in [0.15, 0.2) is 47.1 Å². The first-order valence-corrected chi connectivity index (χ1v) is 9.67. The van der Waals surface area contributed by atoms with Crippen molar-refractivity contribution in [1.29, 1.82) is 0 Å². The maximum Gasteiger partial charge on any atom is 0.255 e. The zero-order valence-electron chi connectivity index (χ0n) is 15.2. The number of aryl methyl sites for hydroxylation is 1. The van der Waals surface area contributed by atoms with Crippen molar-refractivity contribution >= 4 is 27.7 Å². The normalized spacial score (nSPS) is 14.1. The quantitative estimate of drug-likeness (QED) is 0.729. The number of amides is 2. The molecule has 1 aromatic carbocycles. The van der Waals surface area contributed by atoms with E-state index in [1.807, 2.05) is 29.2 Å². The van der Waals surface area contributed by atoms with Crippen LogP contribution < -0.4 is 4.74 Å². The summed E-state index contributed by atoms with van der Waals surface area (Å²) in [5.41, 5.74) is 1.68. The molecule has 0 saturated carbocycles. The van der Waals surface area contributed by atoms with E-state index in [4.69, 9.17) is 4.74 Å². The molecule has 2 aromatic rings. The molecular formula is C20H22BrN3O3. The van der Waals surface area contributed by atoms with Crippen LogP contribution in [0.3, 0.4) is 0 Å². The Morgan fingerprint density at radius 2 is 1.70 bits per heavy atom. The van der Waals surface area contributed by atoms with Crippen molar-refractivity contribution in [3.05, 3.63) is 58.2 Å². The average Bonchev–Trinajstić information content (AvgIpc) is 2.73. The number of hydrogen-bond acceptors (Lipinski definition) is 4. The van der Waals surface area contributed by atoms with E-state index in [-0.39, 0.29) is 11.8 Å². The molecule has 27 heavy (non-hydrogen) atoms. The van der Waals surface area contributed by atoms with E-state index in [1.165, 1.54) is 13.3 Å². The molecule has 1 fully saturated rings. The van der Waals surface area contributed by atoms with Gasteiger partial charge in [0.05, 0.1) is 12.7 Å². The van der Waals surface area contributed by atoms with Crippen LogP contribution in [0.2, 0.25) is 0 Å². The van der Waals surface area contributed by atoms with E-state index in [0.29, 0.717) is 44.0 Å². The first-order valence-electron chi connectivity index (χ1n) is 8.88. The third kappa shape index (κ3) is 5.07. The van der Waals surface area contributed by atoms with Crippen LogP contribution in [-0.4, -0.2) is 59.9 Å². The summed E-state index contributed by atoms with van der Waals surface area (Å²) in [6, 6.07) is 11.4. The highest BCUT2D eigenvalue weighted by Gasteiger charge is 2.24. The largest absolute Gasteiger partial charge is 0.481 e. The molecule has 0 aliphatic carbocycles. The molecule has 0 unspecified atom stereocenters. The molecule has 0 N–H and O–H groups in total. The fraction of sp³-hybridized carbons (Fsp3) is 0.350. The van der Waals surface area contributed by atoms with Crippen molar-refractivity contribution in [3.8, 4) is 5.88 Å². The van der Waals surface area contributed by atoms with Crippen LogP contribution in [-0.2, 0) is 11.2 Å². The number of pyridine rings is 1. The van der Waals surface area contributed by atoms with Gasteiger partial charge in [0.1, 0.15) is 0 Å². The van der Waals surface area contributed by atoms with E-state index < -0.39 is 0 Å². The smallest absolute Gasteiger partial charge is 0.255 e. The second kappa shape index (κ2) is 8.99. The number of carbonyl (C=O) groups is 2. The van der Waals surface area contributed by atoms with Gasteiger partial charge in [-0.1, -0.05) is 28.1 Å². The van der Waals surface area contributed by atoms with Gasteiger partial charge in [-0.3, -0.25) is 9.59 Å². The molecule has 3 rings (SSSR count). The van der Waals surface area contributed by atoms with Crippen molar-refractivity contribution in [3.63, 3.8) is 0 Å². The standard InChI is InChI=1S/C20H22BrN3O3/c1-27-18-8-5-16(14-22-18)20(26)24-12-10-23(11-13-24)19(25)9-4-15-2-6-17(21)7-3-15/h2-3,5-8,14H,4,9-13H2,1H3. The van der Waals surface area contributed by atoms with Crippen molar-refractivity contribution in [2.24, 2.45) is 0 Å². The molecule has 0 bridgehead atoms. The molecule has 7 heteroatoms. The Kier molecular flexibility index (Phi) is 6.45. The minimum atomic E-state index is -0.0629. The van der Waals surface area contributed by atoms with E-state index >= 15 is 0 Å². The number of rotatable bonds is 5. The van der Waals surface area contributed by atoms with Crippen molar-refractivity contribution in [2.45, 2.75) is 12.8 Å². The number of ether oxygens (including phenoxy) is 1. The van der Waals surface area contributed by atoms with Crippen LogP contribution in [0.25, 0.3) is 0 Å². The minimum absolute atomic E-state index is 0.0629. The lowest BCUT2D eigenvalue weighted by molar-refractivity contribution is -0.132. The number of halogens is 1. The average molecular weight is 432 g/mol. The van der Waals surface area contributed by atoms with Gasteiger partial charge in [0.15, 0.2) is 0 Å². The van der Waals surface area contributed by atoms with E-state index in [1.54, 1.807) is 17.0 Å². The van der Waals surface area contributed by atoms with Crippen molar-refractivity contribution < 1.29 is 14.3 Å². The van der Waals surface area contributed by atoms with Crippen molar-refractivity contribution in [2.75, 3.05) is 33.3 Å². The highest BCUT2D eigenvalue weighted by molar-refractivity contribution is 9.10. The maximum atomic E-state index is 12.6. The second-order valence-electron chi connectivity index (χ2n) is 6.39. The zero-order valence-corrected chi connectivity index (χ0v) is 16.8. The Morgan fingerprint density at radius 3 is 2.30 bits per heavy atom. The molecule has 6 nitrogen and oxygen atoms in total. The van der Waals surface area contributed by atoms with Gasteiger partial charge in [-0.15, -0.1) is 0 Å². The van der Waals surface area contributed by atoms with E-state index in [9.17, 15) is 9.59 Å². The Morgan fingerprint density at radius 1 is 1.04 bits per heavy atom. The molecule has 2 heterocycles. The van der Waals surface area contributed by atoms with Gasteiger partial charge >= 0.3 is 0 Å². The van der Waals surface area contributed by atoms with E-state index in [2.05, 4.69) is 20.9 Å². The number of benzene rings is 1. The lowest BCUT2D eigenvalue weighted by Crippen LogP contribution is -2.50. The second-order valence-corrected chi connectivity index (χ2v) is 7.30. The molecule has 1 aliphatic rings. The third-order valence-corrected chi connectivity index (χ3v) is 5.18. The lowest BCUT2D eigenvalue weighted by atomic mass is 10.1. The molecule has 142 valence electrons. The van der Waals surface area contributed by atoms with Gasteiger partial charge in [-0.25, -0.2) is 4.98 Å². The first-order chi connectivity index (χ1) is 13.1. The summed E-state index contributed by atoms with van der Waals surface area (Å²) in [7, 11) is 1.54. The number of aromatic nitrogens is 1. The molecule has 0 atom stereocenters. The van der Waals surface area contributed by atoms with Gasteiger partial charge in [-0.2, -0.15) is 0 Å². The van der Waals surface area contributed by atoms with Crippen LogP contribution in [0.5, 0.6) is 5.88 Å². The summed E-state index contributed by atoms with van der Waals surface area (Å²) >= 11 is 3.41. The summed E-state index contributed by atoms with van der Waals surface area (Å²) in [4.78, 5) is 32.7. The fourth-order valence-electron chi connectivity index (χ4n) is 3.03. The summed E-state index contributed by atoms with van der Waals surface area (Å²) < 4.78 is 6.05. The summed E-state index contributed by atoms with van der Waals surface area (Å²) in [5.74, 6) is 0.552. The molecule has 0 spiro atoms. The van der Waals surface area contributed by atoms with Gasteiger partial charge in [0.2, 0.25) is 11.8 Å². The Balaban J connectivity index is 1.48. The molecule has 0 radical (unpaired) electrons. The van der Waals surface area contributed by atoms with Crippen LogP contribution in [0.4, 0.5) is 0 Å². The van der Waals surface area contributed by atoms with Gasteiger partial charge in [0.25, 0.3) is 5.91 Å². The highest BCUT2D eigenvalue weighted by atomic mass is 79.9. The third-order valence-electron chi connectivity index (χ3n) is 4.65. The van der Waals surface area contributed by atoms with Crippen LogP contribution in [0.1, 0.15) is 22.3 Å². The van der Waals surface area contributed by atoms with Gasteiger partial charge in [-0.05, 0) is 30.2 Å². The Labute approximate surface area is 167 Å². The maximum absolute atomic E-state index is 12.6. The predicted octanol–water partition coefficient (Wildman–Crippen LogP) is 2.77. The molecule has 1 aromatic heterocycles. The first kappa shape index (κ1) is 19.4.